The summed E-state index contributed by atoms with van der Waals surface area (Å²) in [6.45, 7) is 2.75. The number of hydrogen-bond donors (Lipinski definition) is 4. The number of aliphatic carboxylic acids is 1. The number of benzene rings is 2. The predicted molar refractivity (Wildman–Crippen MR) is 109 cm³/mol. The summed E-state index contributed by atoms with van der Waals surface area (Å²) in [6, 6.07) is 13.3. The van der Waals surface area contributed by atoms with E-state index in [4.69, 9.17) is 9.84 Å². The summed E-state index contributed by atoms with van der Waals surface area (Å²) in [6.07, 6.45) is -2.07. The van der Waals surface area contributed by atoms with Crippen LogP contribution in [0.2, 0.25) is 0 Å². The highest BCUT2D eigenvalue weighted by Crippen LogP contribution is 2.44. The number of aliphatic hydroxyl groups excluding tert-OH is 1. The molecule has 0 aromatic heterocycles. The number of fused-ring (bicyclic) bond motifs is 3. The number of hydrogen-bond acceptors (Lipinski definition) is 5. The largest absolute Gasteiger partial charge is 0.480 e. The molecule has 2 amide bonds. The third-order valence-electron chi connectivity index (χ3n) is 5.12. The average Bonchev–Trinajstić information content (AvgIpc) is 3.03. The van der Waals surface area contributed by atoms with E-state index in [0.29, 0.717) is 0 Å². The highest BCUT2D eigenvalue weighted by molar-refractivity contribution is 5.89. The van der Waals surface area contributed by atoms with Gasteiger partial charge in [0.15, 0.2) is 6.04 Å². The van der Waals surface area contributed by atoms with Crippen LogP contribution in [-0.4, -0.2) is 53.0 Å². The van der Waals surface area contributed by atoms with Crippen LogP contribution in [0.4, 0.5) is 4.79 Å². The van der Waals surface area contributed by atoms with Crippen LogP contribution >= 0.6 is 0 Å². The van der Waals surface area contributed by atoms with E-state index in [0.717, 1.165) is 22.3 Å². The lowest BCUT2D eigenvalue weighted by Crippen LogP contribution is -2.53. The molecule has 8 nitrogen and oxygen atoms in total. The number of aliphatic hydroxyl groups is 1. The van der Waals surface area contributed by atoms with Gasteiger partial charge < -0.3 is 25.6 Å². The fourth-order valence-corrected chi connectivity index (χ4v) is 3.55. The zero-order chi connectivity index (χ0) is 21.8. The van der Waals surface area contributed by atoms with Crippen LogP contribution in [0.25, 0.3) is 11.1 Å². The Morgan fingerprint density at radius 2 is 1.50 bits per heavy atom. The minimum Gasteiger partial charge on any atom is -0.480 e. The number of carbonyl (C=O) groups excluding carboxylic acids is 2. The number of alkyl carbamates (subject to hydrolysis) is 1. The van der Waals surface area contributed by atoms with Gasteiger partial charge in [-0.05, 0) is 36.1 Å². The van der Waals surface area contributed by atoms with Crippen molar-refractivity contribution in [3.8, 4) is 11.1 Å². The van der Waals surface area contributed by atoms with Crippen molar-refractivity contribution in [1.29, 1.82) is 0 Å². The van der Waals surface area contributed by atoms with Crippen molar-refractivity contribution in [3.05, 3.63) is 59.7 Å². The normalized spacial score (nSPS) is 15.3. The molecule has 0 radical (unpaired) electrons. The molecule has 3 atom stereocenters. The molecule has 0 spiro atoms. The van der Waals surface area contributed by atoms with E-state index in [2.05, 4.69) is 10.6 Å². The van der Waals surface area contributed by atoms with Crippen molar-refractivity contribution in [2.45, 2.75) is 38.0 Å². The molecule has 0 bridgehead atoms. The highest BCUT2D eigenvalue weighted by atomic mass is 16.5. The van der Waals surface area contributed by atoms with Crippen molar-refractivity contribution in [2.24, 2.45) is 0 Å². The molecule has 3 rings (SSSR count). The molecule has 0 fully saturated rings. The van der Waals surface area contributed by atoms with E-state index in [1.165, 1.54) is 13.8 Å². The Labute approximate surface area is 173 Å². The van der Waals surface area contributed by atoms with Gasteiger partial charge in [-0.15, -0.1) is 0 Å². The number of carboxylic acids is 1. The quantitative estimate of drug-likeness (QED) is 0.550. The zero-order valence-corrected chi connectivity index (χ0v) is 16.7. The topological polar surface area (TPSA) is 125 Å². The first-order chi connectivity index (χ1) is 14.3. The molecule has 2 aromatic carbocycles. The summed E-state index contributed by atoms with van der Waals surface area (Å²) >= 11 is 0. The molecule has 30 heavy (non-hydrogen) atoms. The monoisotopic (exact) mass is 412 g/mol. The summed E-state index contributed by atoms with van der Waals surface area (Å²) in [5.41, 5.74) is 4.34. The Kier molecular flexibility index (Phi) is 6.37. The number of ether oxygens (including phenoxy) is 1. The van der Waals surface area contributed by atoms with Gasteiger partial charge in [0.25, 0.3) is 0 Å². The van der Waals surface area contributed by atoms with Crippen molar-refractivity contribution in [1.82, 2.24) is 10.6 Å². The minimum absolute atomic E-state index is 0.0968. The van der Waals surface area contributed by atoms with E-state index in [1.807, 2.05) is 48.5 Å². The standard InChI is InChI=1S/C22H24N2O6/c1-12(20(26)24-19(13(2)25)21(27)28)23-22(29)30-11-18-16-9-5-3-7-14(16)15-8-4-6-10-17(15)18/h3-10,12-13,18-19,25H,11H2,1-2H3,(H,23,29)(H,24,26)(H,27,28). The summed E-state index contributed by atoms with van der Waals surface area (Å²) in [5, 5.41) is 23.1. The summed E-state index contributed by atoms with van der Waals surface area (Å²) < 4.78 is 5.36. The zero-order valence-electron chi connectivity index (χ0n) is 16.7. The molecule has 8 heteroatoms. The van der Waals surface area contributed by atoms with Gasteiger partial charge in [-0.1, -0.05) is 48.5 Å². The Morgan fingerprint density at radius 1 is 0.967 bits per heavy atom. The lowest BCUT2D eigenvalue weighted by molar-refractivity contribution is -0.145. The molecular weight excluding hydrogens is 388 g/mol. The Morgan fingerprint density at radius 3 is 2.00 bits per heavy atom. The van der Waals surface area contributed by atoms with Crippen LogP contribution < -0.4 is 10.6 Å². The van der Waals surface area contributed by atoms with Gasteiger partial charge in [-0.25, -0.2) is 9.59 Å². The fraction of sp³-hybridized carbons (Fsp3) is 0.318. The smallest absolute Gasteiger partial charge is 0.407 e. The molecule has 3 unspecified atom stereocenters. The maximum absolute atomic E-state index is 12.2. The van der Waals surface area contributed by atoms with Gasteiger partial charge in [0.05, 0.1) is 6.10 Å². The molecule has 1 aliphatic carbocycles. The van der Waals surface area contributed by atoms with Gasteiger partial charge in [-0.3, -0.25) is 4.79 Å². The van der Waals surface area contributed by atoms with Crippen molar-refractivity contribution in [3.63, 3.8) is 0 Å². The minimum atomic E-state index is -1.47. The van der Waals surface area contributed by atoms with Crippen LogP contribution in [-0.2, 0) is 14.3 Å². The fourth-order valence-electron chi connectivity index (χ4n) is 3.55. The van der Waals surface area contributed by atoms with Gasteiger partial charge in [-0.2, -0.15) is 0 Å². The van der Waals surface area contributed by atoms with Crippen LogP contribution in [0.15, 0.2) is 48.5 Å². The maximum Gasteiger partial charge on any atom is 0.407 e. The van der Waals surface area contributed by atoms with Crippen LogP contribution in [0.5, 0.6) is 0 Å². The van der Waals surface area contributed by atoms with Crippen LogP contribution in [0.1, 0.15) is 30.9 Å². The van der Waals surface area contributed by atoms with E-state index in [-0.39, 0.29) is 12.5 Å². The van der Waals surface area contributed by atoms with Crippen LogP contribution in [0, 0.1) is 0 Å². The predicted octanol–water partition coefficient (Wildman–Crippen LogP) is 1.86. The molecule has 4 N–H and O–H groups in total. The third kappa shape index (κ3) is 4.44. The average molecular weight is 412 g/mol. The first kappa shape index (κ1) is 21.3. The first-order valence-corrected chi connectivity index (χ1v) is 9.62. The Hall–Kier alpha value is -3.39. The Balaban J connectivity index is 1.60. The van der Waals surface area contributed by atoms with E-state index < -0.39 is 36.2 Å². The number of nitrogens with one attached hydrogen (secondary N) is 2. The van der Waals surface area contributed by atoms with Gasteiger partial charge in [0, 0.05) is 5.92 Å². The molecule has 0 heterocycles. The summed E-state index contributed by atoms with van der Waals surface area (Å²) in [4.78, 5) is 35.4. The van der Waals surface area contributed by atoms with Crippen molar-refractivity contribution in [2.75, 3.05) is 6.61 Å². The highest BCUT2D eigenvalue weighted by Gasteiger charge is 2.30. The van der Waals surface area contributed by atoms with E-state index >= 15 is 0 Å². The number of rotatable bonds is 7. The lowest BCUT2D eigenvalue weighted by Gasteiger charge is -2.21. The molecule has 0 saturated carbocycles. The molecule has 1 aliphatic rings. The summed E-state index contributed by atoms with van der Waals surface area (Å²) in [7, 11) is 0. The summed E-state index contributed by atoms with van der Waals surface area (Å²) in [5.74, 6) is -2.22. The van der Waals surface area contributed by atoms with E-state index in [9.17, 15) is 19.5 Å². The van der Waals surface area contributed by atoms with Crippen molar-refractivity contribution >= 4 is 18.0 Å². The van der Waals surface area contributed by atoms with E-state index in [1.54, 1.807) is 0 Å². The first-order valence-electron chi connectivity index (χ1n) is 9.62. The molecule has 0 saturated heterocycles. The number of amides is 2. The van der Waals surface area contributed by atoms with Crippen molar-refractivity contribution < 1.29 is 29.3 Å². The lowest BCUT2D eigenvalue weighted by atomic mass is 9.98. The van der Waals surface area contributed by atoms with Crippen LogP contribution in [0.3, 0.4) is 0 Å². The molecule has 2 aromatic rings. The molecule has 158 valence electrons. The van der Waals surface area contributed by atoms with Gasteiger partial charge >= 0.3 is 12.1 Å². The second-order valence-corrected chi connectivity index (χ2v) is 7.26. The maximum atomic E-state index is 12.2. The van der Waals surface area contributed by atoms with Gasteiger partial charge in [0.1, 0.15) is 12.6 Å². The molecular formula is C22H24N2O6. The number of carbonyl (C=O) groups is 3. The van der Waals surface area contributed by atoms with Gasteiger partial charge in [0.2, 0.25) is 5.91 Å². The Bertz CT molecular complexity index is 913. The SMILES string of the molecule is CC(NC(=O)OCC1c2ccccc2-c2ccccc21)C(=O)NC(C(=O)O)C(C)O. The number of carboxylic acid groups (broad SMARTS) is 1. The second-order valence-electron chi connectivity index (χ2n) is 7.26. The molecule has 0 aliphatic heterocycles. The third-order valence-corrected chi connectivity index (χ3v) is 5.12. The second kappa shape index (κ2) is 8.96.